The van der Waals surface area contributed by atoms with Crippen molar-refractivity contribution < 1.29 is 27.9 Å². The molecular formula is C14H17NO6S. The molecule has 0 bridgehead atoms. The van der Waals surface area contributed by atoms with Crippen molar-refractivity contribution in [1.29, 1.82) is 0 Å². The van der Waals surface area contributed by atoms with Crippen LogP contribution in [0.15, 0.2) is 24.3 Å². The van der Waals surface area contributed by atoms with Crippen molar-refractivity contribution in [1.82, 2.24) is 4.72 Å². The van der Waals surface area contributed by atoms with E-state index in [1.165, 1.54) is 7.11 Å². The van der Waals surface area contributed by atoms with E-state index in [0.29, 0.717) is 5.56 Å². The lowest BCUT2D eigenvalue weighted by molar-refractivity contribution is -0.140. The normalized spacial score (nSPS) is 20.4. The molecule has 1 amide bonds. The van der Waals surface area contributed by atoms with E-state index in [1.807, 2.05) is 4.72 Å². The van der Waals surface area contributed by atoms with E-state index < -0.39 is 33.7 Å². The van der Waals surface area contributed by atoms with Gasteiger partial charge in [-0.3, -0.25) is 14.3 Å². The zero-order valence-electron chi connectivity index (χ0n) is 12.0. The number of carboxylic acids is 1. The highest BCUT2D eigenvalue weighted by atomic mass is 32.2. The van der Waals surface area contributed by atoms with Crippen molar-refractivity contribution in [2.24, 2.45) is 11.8 Å². The van der Waals surface area contributed by atoms with Crippen molar-refractivity contribution in [2.75, 3.05) is 7.11 Å². The Morgan fingerprint density at radius 3 is 2.45 bits per heavy atom. The number of hydrogen-bond donors (Lipinski definition) is 2. The van der Waals surface area contributed by atoms with Gasteiger partial charge in [-0.1, -0.05) is 24.3 Å². The third-order valence-corrected chi connectivity index (χ3v) is 4.67. The van der Waals surface area contributed by atoms with Gasteiger partial charge in [-0.15, -0.1) is 0 Å². The molecule has 1 aromatic rings. The van der Waals surface area contributed by atoms with Crippen molar-refractivity contribution in [3.8, 4) is 0 Å². The first kappa shape index (κ1) is 16.4. The van der Waals surface area contributed by atoms with Gasteiger partial charge in [-0.25, -0.2) is 8.42 Å². The van der Waals surface area contributed by atoms with Crippen LogP contribution in [-0.2, 0) is 36.7 Å². The van der Waals surface area contributed by atoms with E-state index in [-0.39, 0.29) is 18.8 Å². The van der Waals surface area contributed by atoms with Gasteiger partial charge in [0.2, 0.25) is 15.9 Å². The van der Waals surface area contributed by atoms with Gasteiger partial charge in [0.25, 0.3) is 0 Å². The van der Waals surface area contributed by atoms with E-state index in [2.05, 4.69) is 0 Å². The maximum absolute atomic E-state index is 12.1. The second-order valence-electron chi connectivity index (χ2n) is 5.21. The van der Waals surface area contributed by atoms with E-state index in [9.17, 15) is 18.0 Å². The van der Waals surface area contributed by atoms with Gasteiger partial charge in [-0.2, -0.15) is 0 Å². The zero-order valence-corrected chi connectivity index (χ0v) is 12.8. The Labute approximate surface area is 128 Å². The summed E-state index contributed by atoms with van der Waals surface area (Å²) in [6.45, 7) is 0.267. The number of carboxylic acid groups (broad SMARTS) is 1. The predicted octanol–water partition coefficient (Wildman–Crippen LogP) is 0.500. The summed E-state index contributed by atoms with van der Waals surface area (Å²) in [6, 6.07) is 6.87. The molecule has 2 atom stereocenters. The maximum Gasteiger partial charge on any atom is 0.307 e. The Bertz CT molecular complexity index is 684. The van der Waals surface area contributed by atoms with E-state index in [4.69, 9.17) is 9.84 Å². The Balaban J connectivity index is 2.03. The van der Waals surface area contributed by atoms with Crippen molar-refractivity contribution >= 4 is 21.9 Å². The minimum atomic E-state index is -3.88. The molecule has 1 fully saturated rings. The third kappa shape index (κ3) is 4.05. The lowest BCUT2D eigenvalue weighted by atomic mass is 10.1. The summed E-state index contributed by atoms with van der Waals surface area (Å²) in [7, 11) is -2.37. The van der Waals surface area contributed by atoms with Gasteiger partial charge >= 0.3 is 5.97 Å². The van der Waals surface area contributed by atoms with Crippen LogP contribution in [0.1, 0.15) is 17.5 Å². The Kier molecular flexibility index (Phi) is 4.82. The van der Waals surface area contributed by atoms with Crippen LogP contribution in [0, 0.1) is 11.8 Å². The Morgan fingerprint density at radius 1 is 1.27 bits per heavy atom. The van der Waals surface area contributed by atoms with E-state index >= 15 is 0 Å². The number of sulfonamides is 1. The van der Waals surface area contributed by atoms with Gasteiger partial charge in [0.1, 0.15) is 0 Å². The first-order valence-electron chi connectivity index (χ1n) is 6.67. The molecule has 0 radical (unpaired) electrons. The molecule has 0 aromatic heterocycles. The lowest BCUT2D eigenvalue weighted by Crippen LogP contribution is -2.33. The smallest absolute Gasteiger partial charge is 0.307 e. The van der Waals surface area contributed by atoms with Crippen LogP contribution in [0.25, 0.3) is 0 Å². The third-order valence-electron chi connectivity index (χ3n) is 3.46. The summed E-state index contributed by atoms with van der Waals surface area (Å²) in [5.41, 5.74) is 1.26. The molecule has 1 aliphatic carbocycles. The molecule has 1 saturated carbocycles. The molecule has 22 heavy (non-hydrogen) atoms. The molecule has 0 saturated heterocycles. The number of carbonyl (C=O) groups excluding carboxylic acids is 1. The maximum atomic E-state index is 12.1. The SMILES string of the molecule is COCc1ccccc1CS(=O)(=O)NC(=O)[C@@H]1C[C@H]1C(=O)O. The summed E-state index contributed by atoms with van der Waals surface area (Å²) >= 11 is 0. The largest absolute Gasteiger partial charge is 0.481 e. The number of benzene rings is 1. The summed E-state index contributed by atoms with van der Waals surface area (Å²) in [4.78, 5) is 22.5. The van der Waals surface area contributed by atoms with Gasteiger partial charge in [-0.05, 0) is 17.5 Å². The number of methoxy groups -OCH3 is 1. The van der Waals surface area contributed by atoms with Gasteiger partial charge in [0.15, 0.2) is 0 Å². The summed E-state index contributed by atoms with van der Waals surface area (Å²) in [6.07, 6.45) is 0.178. The highest BCUT2D eigenvalue weighted by molar-refractivity contribution is 7.89. The quantitative estimate of drug-likeness (QED) is 0.754. The number of aliphatic carboxylic acids is 1. The van der Waals surface area contributed by atoms with E-state index in [1.54, 1.807) is 24.3 Å². The lowest BCUT2D eigenvalue weighted by Gasteiger charge is -2.10. The second kappa shape index (κ2) is 6.45. The van der Waals surface area contributed by atoms with Crippen molar-refractivity contribution in [3.05, 3.63) is 35.4 Å². The molecule has 1 aliphatic rings. The number of ether oxygens (including phenoxy) is 1. The summed E-state index contributed by atoms with van der Waals surface area (Å²) in [5, 5.41) is 8.76. The minimum Gasteiger partial charge on any atom is -0.481 e. The summed E-state index contributed by atoms with van der Waals surface area (Å²) < 4.78 is 31.1. The zero-order chi connectivity index (χ0) is 16.3. The molecule has 7 nitrogen and oxygen atoms in total. The molecule has 0 spiro atoms. The standard InChI is InChI=1S/C14H17NO6S/c1-21-7-9-4-2-3-5-10(9)8-22(19,20)15-13(16)11-6-12(11)14(17)18/h2-5,11-12H,6-8H2,1H3,(H,15,16)(H,17,18)/t11-,12-/m1/s1. The number of nitrogens with one attached hydrogen (secondary N) is 1. The second-order valence-corrected chi connectivity index (χ2v) is 6.94. The van der Waals surface area contributed by atoms with Crippen LogP contribution in [0.5, 0.6) is 0 Å². The van der Waals surface area contributed by atoms with Crippen molar-refractivity contribution in [3.63, 3.8) is 0 Å². The fraction of sp³-hybridized carbons (Fsp3) is 0.429. The molecule has 2 N–H and O–H groups in total. The van der Waals surface area contributed by atoms with Gasteiger partial charge in [0, 0.05) is 7.11 Å². The molecule has 0 aliphatic heterocycles. The number of rotatable bonds is 7. The minimum absolute atomic E-state index is 0.178. The van der Waals surface area contributed by atoms with Crippen LogP contribution in [0.4, 0.5) is 0 Å². The fourth-order valence-corrected chi connectivity index (χ4v) is 3.44. The van der Waals surface area contributed by atoms with E-state index in [0.717, 1.165) is 5.56 Å². The van der Waals surface area contributed by atoms with Crippen LogP contribution in [0.2, 0.25) is 0 Å². The van der Waals surface area contributed by atoms with Gasteiger partial charge < -0.3 is 9.84 Å². The topological polar surface area (TPSA) is 110 Å². The highest BCUT2D eigenvalue weighted by Gasteiger charge is 2.49. The Hall–Kier alpha value is -1.93. The number of amides is 1. The van der Waals surface area contributed by atoms with Crippen LogP contribution >= 0.6 is 0 Å². The Morgan fingerprint density at radius 2 is 1.91 bits per heavy atom. The van der Waals surface area contributed by atoms with Gasteiger partial charge in [0.05, 0.1) is 24.2 Å². The number of hydrogen-bond acceptors (Lipinski definition) is 5. The molecule has 0 unspecified atom stereocenters. The molecule has 0 heterocycles. The number of carbonyl (C=O) groups is 2. The first-order valence-corrected chi connectivity index (χ1v) is 8.32. The van der Waals surface area contributed by atoms with Crippen LogP contribution < -0.4 is 4.72 Å². The average molecular weight is 327 g/mol. The van der Waals surface area contributed by atoms with Crippen LogP contribution in [-0.4, -0.2) is 32.5 Å². The molecule has 2 rings (SSSR count). The van der Waals surface area contributed by atoms with Crippen LogP contribution in [0.3, 0.4) is 0 Å². The molecular weight excluding hydrogens is 310 g/mol. The predicted molar refractivity (Wildman–Crippen MR) is 77.2 cm³/mol. The molecule has 8 heteroatoms. The van der Waals surface area contributed by atoms with Crippen molar-refractivity contribution in [2.45, 2.75) is 18.8 Å². The first-order chi connectivity index (χ1) is 10.3. The monoisotopic (exact) mass is 327 g/mol. The summed E-state index contributed by atoms with van der Waals surface area (Å²) in [5.74, 6) is -3.74. The highest BCUT2D eigenvalue weighted by Crippen LogP contribution is 2.38. The average Bonchev–Trinajstić information content (AvgIpc) is 3.21. The fourth-order valence-electron chi connectivity index (χ4n) is 2.22. The molecule has 1 aromatic carbocycles. The molecule has 120 valence electrons.